The Labute approximate surface area is 604 Å². The van der Waals surface area contributed by atoms with Gasteiger partial charge in [0.05, 0.1) is 24.7 Å². The van der Waals surface area contributed by atoms with E-state index in [2.05, 4.69) is 53.2 Å². The molecule has 32 heteroatoms. The summed E-state index contributed by atoms with van der Waals surface area (Å²) in [4.78, 5) is 203. The third-order valence-corrected chi connectivity index (χ3v) is 18.9. The van der Waals surface area contributed by atoms with Crippen LogP contribution in [0.2, 0.25) is 0 Å². The molecule has 0 unspecified atom stereocenters. The highest BCUT2D eigenvalue weighted by molar-refractivity contribution is 6.01. The Hall–Kier alpha value is -8.52. The monoisotopic (exact) mass is 1450 g/mol. The van der Waals surface area contributed by atoms with Crippen molar-refractivity contribution < 1.29 is 87.5 Å². The molecule has 2 aliphatic rings. The second kappa shape index (κ2) is 42.9. The number of carbonyl (C=O) groups excluding carboxylic acids is 14. The lowest BCUT2D eigenvalue weighted by molar-refractivity contribution is -0.146. The van der Waals surface area contributed by atoms with Crippen LogP contribution >= 0.6 is 0 Å². The molecule has 0 bridgehead atoms. The Morgan fingerprint density at radius 2 is 1.04 bits per heavy atom. The molecule has 0 saturated carbocycles. The second-order valence-electron chi connectivity index (χ2n) is 28.8. The van der Waals surface area contributed by atoms with Crippen molar-refractivity contribution in [3.8, 4) is 5.75 Å². The van der Waals surface area contributed by atoms with Gasteiger partial charge in [0.1, 0.15) is 72.2 Å². The molecule has 18 N–H and O–H groups in total. The normalized spacial score (nSPS) is 26.7. The van der Waals surface area contributed by atoms with E-state index in [-0.39, 0.29) is 56.7 Å². The molecule has 2 aliphatic heterocycles. The van der Waals surface area contributed by atoms with E-state index in [9.17, 15) is 87.5 Å². The van der Waals surface area contributed by atoms with E-state index in [4.69, 9.17) is 11.5 Å². The number of likely N-dealkylation sites (N-methyl/N-ethyl adjacent to an activating group) is 1. The van der Waals surface area contributed by atoms with Crippen LogP contribution in [-0.2, 0) is 73.5 Å². The first kappa shape index (κ1) is 88.7. The first-order chi connectivity index (χ1) is 48.3. The Balaban J connectivity index is 2.35. The van der Waals surface area contributed by atoms with Crippen molar-refractivity contribution >= 4 is 82.7 Å². The largest absolute Gasteiger partial charge is 0.508 e. The number of benzene rings is 1. The minimum atomic E-state index is -1.89. The van der Waals surface area contributed by atoms with Gasteiger partial charge in [0.2, 0.25) is 82.7 Å². The smallest absolute Gasteiger partial charge is 0.248 e. The molecular weight excluding hydrogens is 1340 g/mol. The fourth-order valence-electron chi connectivity index (χ4n) is 12.4. The molecule has 3 rings (SSSR count). The molecule has 17 atom stereocenters. The number of primary amides is 2. The molecule has 32 nitrogen and oxygen atoms in total. The average Bonchev–Trinajstić information content (AvgIpc) is 1.80. The van der Waals surface area contributed by atoms with Crippen LogP contribution in [0.25, 0.3) is 0 Å². The van der Waals surface area contributed by atoms with E-state index in [0.29, 0.717) is 24.8 Å². The van der Waals surface area contributed by atoms with Crippen molar-refractivity contribution in [1.29, 1.82) is 0 Å². The van der Waals surface area contributed by atoms with Gasteiger partial charge in [-0.25, -0.2) is 0 Å². The van der Waals surface area contributed by atoms with Crippen molar-refractivity contribution in [3.05, 3.63) is 29.8 Å². The van der Waals surface area contributed by atoms with Crippen LogP contribution in [0.4, 0.5) is 0 Å². The van der Waals surface area contributed by atoms with Crippen molar-refractivity contribution in [3.63, 3.8) is 0 Å². The number of hydrogen-bond donors (Lipinski definition) is 16. The summed E-state index contributed by atoms with van der Waals surface area (Å²) in [6, 6.07) is -13.0. The Kier molecular flexibility index (Phi) is 37.0. The van der Waals surface area contributed by atoms with Crippen LogP contribution in [-0.4, -0.2) is 217 Å². The van der Waals surface area contributed by atoms with E-state index >= 15 is 0 Å². The molecule has 2 heterocycles. The quantitative estimate of drug-likeness (QED) is 0.0557. The van der Waals surface area contributed by atoms with Gasteiger partial charge in [-0.05, 0) is 93.2 Å². The topological polar surface area (TPSA) is 499 Å². The number of aliphatic hydroxyl groups is 3. The number of hydrogen-bond acceptors (Lipinski definition) is 18. The predicted octanol–water partition coefficient (Wildman–Crippen LogP) is -0.921. The van der Waals surface area contributed by atoms with Gasteiger partial charge >= 0.3 is 0 Å². The molecule has 0 spiro atoms. The summed E-state index contributed by atoms with van der Waals surface area (Å²) in [7, 11) is 1.21. The van der Waals surface area contributed by atoms with E-state index < -0.39 is 223 Å². The zero-order chi connectivity index (χ0) is 77.9. The van der Waals surface area contributed by atoms with Crippen molar-refractivity contribution in [2.45, 2.75) is 284 Å². The van der Waals surface area contributed by atoms with Gasteiger partial charge in [-0.15, -0.1) is 0 Å². The molecule has 0 aromatic heterocycles. The number of carbonyl (C=O) groups is 14. The Morgan fingerprint density at radius 3 is 1.59 bits per heavy atom. The number of nitrogens with one attached hydrogen (secondary N) is 10. The van der Waals surface area contributed by atoms with Crippen LogP contribution in [0.5, 0.6) is 5.75 Å². The zero-order valence-electron chi connectivity index (χ0n) is 62.4. The maximum Gasteiger partial charge on any atom is 0.248 e. The zero-order valence-corrected chi connectivity index (χ0v) is 62.4. The molecular formula is C71H118N14O18. The number of unbranched alkanes of at least 4 members (excludes halogenated alkanes) is 4. The van der Waals surface area contributed by atoms with Gasteiger partial charge in [0.25, 0.3) is 0 Å². The highest BCUT2D eigenvalue weighted by Crippen LogP contribution is 2.24. The van der Waals surface area contributed by atoms with Gasteiger partial charge < -0.3 is 94.9 Å². The first-order valence-corrected chi connectivity index (χ1v) is 36.3. The second-order valence-corrected chi connectivity index (χ2v) is 28.8. The summed E-state index contributed by atoms with van der Waals surface area (Å²) in [5.41, 5.74) is 11.6. The molecule has 103 heavy (non-hydrogen) atoms. The maximum absolute atomic E-state index is 14.9. The molecule has 14 amide bonds. The molecule has 2 fully saturated rings. The summed E-state index contributed by atoms with van der Waals surface area (Å²) in [5.74, 6) is -16.9. The van der Waals surface area contributed by atoms with Crippen LogP contribution in [0.3, 0.4) is 0 Å². The highest BCUT2D eigenvalue weighted by atomic mass is 16.3. The number of aliphatic hydroxyl groups excluding tert-OH is 3. The number of rotatable bonds is 24. The molecule has 0 aliphatic carbocycles. The fraction of sp³-hybridized carbons (Fsp3) is 0.718. The number of nitrogens with two attached hydrogens (primary N) is 2. The number of phenolic OH excluding ortho intramolecular Hbond substituents is 1. The summed E-state index contributed by atoms with van der Waals surface area (Å²) < 4.78 is 0. The van der Waals surface area contributed by atoms with Gasteiger partial charge in [-0.2, -0.15) is 0 Å². The summed E-state index contributed by atoms with van der Waals surface area (Å²) in [6.07, 6.45) is -2.84. The van der Waals surface area contributed by atoms with E-state index in [1.54, 1.807) is 69.2 Å². The Morgan fingerprint density at radius 1 is 0.524 bits per heavy atom. The Bertz CT molecular complexity index is 3060. The lowest BCUT2D eigenvalue weighted by Crippen LogP contribution is -2.63. The summed E-state index contributed by atoms with van der Waals surface area (Å²) >= 11 is 0. The molecule has 2 saturated heterocycles. The lowest BCUT2D eigenvalue weighted by atomic mass is 9.94. The fourth-order valence-corrected chi connectivity index (χ4v) is 12.4. The number of amides is 14. The van der Waals surface area contributed by atoms with Crippen LogP contribution in [0.15, 0.2) is 24.3 Å². The summed E-state index contributed by atoms with van der Waals surface area (Å²) in [6.45, 7) is 20.8. The number of aromatic hydroxyl groups is 1. The third kappa shape index (κ3) is 27.9. The number of phenols is 1. The van der Waals surface area contributed by atoms with Gasteiger partial charge in [0.15, 0.2) is 0 Å². The molecule has 580 valence electrons. The van der Waals surface area contributed by atoms with Crippen LogP contribution in [0, 0.1) is 29.6 Å². The van der Waals surface area contributed by atoms with Gasteiger partial charge in [-0.1, -0.05) is 133 Å². The summed E-state index contributed by atoms with van der Waals surface area (Å²) in [5, 5.41) is 70.4. The van der Waals surface area contributed by atoms with E-state index in [0.717, 1.165) is 36.0 Å². The molecule has 0 radical (unpaired) electrons. The van der Waals surface area contributed by atoms with E-state index in [1.165, 1.54) is 38.2 Å². The number of fused-ring (bicyclic) bond motifs is 1. The molecule has 1 aromatic carbocycles. The van der Waals surface area contributed by atoms with Crippen molar-refractivity contribution in [2.24, 2.45) is 41.1 Å². The standard InChI is InChI=1S/C71H118N14O18/c1-15-18-19-20-21-23-44-34-53(91)79-55(39(10)16-2)66(98)83-58(60(92)38(8)9)68(100)80-54(37(6)7)65(97)77-47(32-36(4)5)61(93)75-46(29-30-51(72)89)70(102)84(14)59(40(11)17-3)69(101)78-49(35-52(73)90)63(95)82-57(42(13)87)71(103)85-31-22-24-50(85)64(96)76-48(33-43-25-27-45(88)28-26-43)62(94)81-56(41(12)86)67(99)74-44/h25-28,36-42,44,46-50,54-60,86-88,92H,15-24,29-35H2,1-14H3,(H2,72,89)(H2,73,90)(H,74,99)(H,75,93)(H,76,96)(H,77,97)(H,78,101)(H,79,91)(H,80,100)(H,81,94)(H,82,95)(H,83,98)/t39-,40-,41+,42+,44-,46-,47+,48+,49+,50-,54-,55-,56-,57-,58+,59-,60-/m0/s1. The minimum absolute atomic E-state index is 0.0100. The van der Waals surface area contributed by atoms with E-state index in [1.807, 2.05) is 6.92 Å². The number of nitrogens with zero attached hydrogens (tertiary/aromatic N) is 2. The third-order valence-electron chi connectivity index (χ3n) is 18.9. The molecule has 1 aromatic rings. The lowest BCUT2D eigenvalue weighted by Gasteiger charge is -2.35. The average molecular weight is 1460 g/mol. The van der Waals surface area contributed by atoms with Crippen LogP contribution in [0.1, 0.15) is 192 Å². The van der Waals surface area contributed by atoms with Crippen molar-refractivity contribution in [1.82, 2.24) is 63.0 Å². The van der Waals surface area contributed by atoms with Crippen LogP contribution < -0.4 is 64.6 Å². The van der Waals surface area contributed by atoms with Gasteiger partial charge in [-0.3, -0.25) is 67.1 Å². The maximum atomic E-state index is 14.9. The van der Waals surface area contributed by atoms with Crippen molar-refractivity contribution in [2.75, 3.05) is 13.6 Å². The predicted molar refractivity (Wildman–Crippen MR) is 380 cm³/mol. The van der Waals surface area contributed by atoms with Gasteiger partial charge in [0, 0.05) is 38.9 Å². The SMILES string of the molecule is CCCCCCC[C@H]1CC(=O)N[C@@H]([C@@H](C)CC)C(=O)N[C@H]([C@@H](O)C(C)C)C(=O)N[C@@H](C(C)C)C(=O)N[C@H](CC(C)C)C(=O)N[C@@H](CCC(N)=O)C(=O)N(C)[C@@H]([C@@H](C)CC)C(=O)N[C@H](CC(N)=O)C(=O)N[C@@H]([C@@H](C)O)C(=O)N2CCC[C@H]2C(=O)N[C@H](Cc2ccc(O)cc2)C(=O)N[C@@H]([C@@H](C)O)C(=O)N1. The minimum Gasteiger partial charge on any atom is -0.508 e. The first-order valence-electron chi connectivity index (χ1n) is 36.3. The highest BCUT2D eigenvalue weighted by Gasteiger charge is 2.45.